The average Bonchev–Trinajstić information content (AvgIpc) is 3.29. The molecule has 0 aliphatic rings. The highest BCUT2D eigenvalue weighted by Gasteiger charge is 2.19. The summed E-state index contributed by atoms with van der Waals surface area (Å²) in [6.45, 7) is 11.4. The molecule has 0 aromatic heterocycles. The lowest BCUT2D eigenvalue weighted by Gasteiger charge is -2.18. The van der Waals surface area contributed by atoms with Gasteiger partial charge in [0.25, 0.3) is 0 Å². The summed E-state index contributed by atoms with van der Waals surface area (Å²) in [6, 6.07) is 0. The van der Waals surface area contributed by atoms with Gasteiger partial charge in [-0.2, -0.15) is 0 Å². The van der Waals surface area contributed by atoms with Gasteiger partial charge in [0.15, 0.2) is 6.10 Å². The van der Waals surface area contributed by atoms with E-state index in [2.05, 4.69) is 34.6 Å². The predicted molar refractivity (Wildman–Crippen MR) is 284 cm³/mol. The van der Waals surface area contributed by atoms with E-state index in [0.717, 1.165) is 69.6 Å². The SMILES string of the molecule is CCCCCCCCCCCCCCCCCCC(=O)OC[C@H](COC(=O)CCCCCCCCCCCCC(C)C)OC(=O)CCCCCCCCCCCCCCCCCCC(C)C. The molecule has 0 rings (SSSR count). The average molecular weight is 934 g/mol. The lowest BCUT2D eigenvalue weighted by Crippen LogP contribution is -2.30. The van der Waals surface area contributed by atoms with Gasteiger partial charge in [0.2, 0.25) is 0 Å². The second-order valence-corrected chi connectivity index (χ2v) is 21.6. The van der Waals surface area contributed by atoms with Gasteiger partial charge in [-0.05, 0) is 31.1 Å². The number of hydrogen-bond donors (Lipinski definition) is 0. The maximum absolute atomic E-state index is 12.9. The molecule has 0 aromatic carbocycles. The van der Waals surface area contributed by atoms with E-state index in [-0.39, 0.29) is 31.1 Å². The van der Waals surface area contributed by atoms with Crippen molar-refractivity contribution in [1.29, 1.82) is 0 Å². The Morgan fingerprint density at radius 1 is 0.288 bits per heavy atom. The third-order valence-corrected chi connectivity index (χ3v) is 13.7. The molecule has 0 fully saturated rings. The van der Waals surface area contributed by atoms with Crippen molar-refractivity contribution in [1.82, 2.24) is 0 Å². The molecule has 6 nitrogen and oxygen atoms in total. The Hall–Kier alpha value is -1.59. The largest absolute Gasteiger partial charge is 0.462 e. The molecule has 0 unspecified atom stereocenters. The Morgan fingerprint density at radius 3 is 0.742 bits per heavy atom. The Labute approximate surface area is 412 Å². The van der Waals surface area contributed by atoms with Gasteiger partial charge >= 0.3 is 17.9 Å². The van der Waals surface area contributed by atoms with Crippen LogP contribution in [-0.2, 0) is 28.6 Å². The zero-order valence-electron chi connectivity index (χ0n) is 45.3. The normalized spacial score (nSPS) is 12.0. The van der Waals surface area contributed by atoms with Crippen LogP contribution in [0.25, 0.3) is 0 Å². The Morgan fingerprint density at radius 2 is 0.500 bits per heavy atom. The van der Waals surface area contributed by atoms with E-state index < -0.39 is 6.10 Å². The van der Waals surface area contributed by atoms with Crippen LogP contribution in [0.5, 0.6) is 0 Å². The molecule has 0 bridgehead atoms. The molecule has 1 atom stereocenters. The topological polar surface area (TPSA) is 78.9 Å². The molecule has 0 spiro atoms. The zero-order chi connectivity index (χ0) is 48.2. The fraction of sp³-hybridized carbons (Fsp3) is 0.950. The highest BCUT2D eigenvalue weighted by Crippen LogP contribution is 2.18. The molecule has 0 radical (unpaired) electrons. The van der Waals surface area contributed by atoms with Gasteiger partial charge in [0, 0.05) is 19.3 Å². The number of hydrogen-bond acceptors (Lipinski definition) is 6. The first-order chi connectivity index (χ1) is 32.2. The lowest BCUT2D eigenvalue weighted by molar-refractivity contribution is -0.167. The molecule has 0 amide bonds. The summed E-state index contributed by atoms with van der Waals surface area (Å²) >= 11 is 0. The maximum Gasteiger partial charge on any atom is 0.306 e. The van der Waals surface area contributed by atoms with Crippen LogP contribution in [0.1, 0.15) is 336 Å². The van der Waals surface area contributed by atoms with Crippen molar-refractivity contribution in [2.24, 2.45) is 11.8 Å². The van der Waals surface area contributed by atoms with Crippen LogP contribution >= 0.6 is 0 Å². The van der Waals surface area contributed by atoms with Crippen molar-refractivity contribution in [2.45, 2.75) is 343 Å². The minimum absolute atomic E-state index is 0.0625. The number of rotatable bonds is 54. The second-order valence-electron chi connectivity index (χ2n) is 21.6. The first-order valence-electron chi connectivity index (χ1n) is 29.7. The van der Waals surface area contributed by atoms with Gasteiger partial charge in [-0.1, -0.05) is 298 Å². The quantitative estimate of drug-likeness (QED) is 0.0343. The summed E-state index contributed by atoms with van der Waals surface area (Å²) in [4.78, 5) is 38.2. The zero-order valence-corrected chi connectivity index (χ0v) is 45.3. The van der Waals surface area contributed by atoms with Crippen LogP contribution in [0.15, 0.2) is 0 Å². The molecule has 392 valence electrons. The number of carbonyl (C=O) groups is 3. The van der Waals surface area contributed by atoms with Crippen molar-refractivity contribution in [2.75, 3.05) is 13.2 Å². The van der Waals surface area contributed by atoms with E-state index in [1.807, 2.05) is 0 Å². The highest BCUT2D eigenvalue weighted by atomic mass is 16.6. The van der Waals surface area contributed by atoms with Crippen LogP contribution in [0.3, 0.4) is 0 Å². The first-order valence-corrected chi connectivity index (χ1v) is 29.7. The smallest absolute Gasteiger partial charge is 0.306 e. The lowest BCUT2D eigenvalue weighted by atomic mass is 10.0. The van der Waals surface area contributed by atoms with Crippen molar-refractivity contribution < 1.29 is 28.6 Å². The fourth-order valence-electron chi connectivity index (χ4n) is 9.23. The van der Waals surface area contributed by atoms with E-state index in [1.54, 1.807) is 0 Å². The van der Waals surface area contributed by atoms with E-state index in [9.17, 15) is 14.4 Å². The molecular formula is C60H116O6. The summed E-state index contributed by atoms with van der Waals surface area (Å²) in [5, 5.41) is 0. The minimum Gasteiger partial charge on any atom is -0.462 e. The van der Waals surface area contributed by atoms with E-state index in [0.29, 0.717) is 19.3 Å². The van der Waals surface area contributed by atoms with Crippen LogP contribution in [0.4, 0.5) is 0 Å². The van der Waals surface area contributed by atoms with Gasteiger partial charge in [-0.3, -0.25) is 14.4 Å². The summed E-state index contributed by atoms with van der Waals surface area (Å²) in [5.74, 6) is 0.833. The summed E-state index contributed by atoms with van der Waals surface area (Å²) in [5.41, 5.74) is 0. The molecule has 0 heterocycles. The van der Waals surface area contributed by atoms with Gasteiger partial charge in [0.1, 0.15) is 13.2 Å². The fourth-order valence-corrected chi connectivity index (χ4v) is 9.23. The highest BCUT2D eigenvalue weighted by molar-refractivity contribution is 5.71. The molecule has 0 saturated carbocycles. The maximum atomic E-state index is 12.9. The van der Waals surface area contributed by atoms with E-state index in [1.165, 1.54) is 225 Å². The van der Waals surface area contributed by atoms with Crippen molar-refractivity contribution in [3.8, 4) is 0 Å². The summed E-state index contributed by atoms with van der Waals surface area (Å²) < 4.78 is 16.9. The van der Waals surface area contributed by atoms with Crippen LogP contribution in [-0.4, -0.2) is 37.2 Å². The van der Waals surface area contributed by atoms with Gasteiger partial charge in [-0.15, -0.1) is 0 Å². The minimum atomic E-state index is -0.763. The molecule has 0 aliphatic carbocycles. The second kappa shape index (κ2) is 52.8. The van der Waals surface area contributed by atoms with Gasteiger partial charge in [-0.25, -0.2) is 0 Å². The van der Waals surface area contributed by atoms with E-state index >= 15 is 0 Å². The van der Waals surface area contributed by atoms with Crippen molar-refractivity contribution >= 4 is 17.9 Å². The number of unbranched alkanes of at least 4 members (excludes halogenated alkanes) is 39. The van der Waals surface area contributed by atoms with Crippen molar-refractivity contribution in [3.05, 3.63) is 0 Å². The molecule has 66 heavy (non-hydrogen) atoms. The third-order valence-electron chi connectivity index (χ3n) is 13.7. The van der Waals surface area contributed by atoms with Crippen LogP contribution < -0.4 is 0 Å². The molecule has 0 saturated heterocycles. The number of esters is 3. The Kier molecular flexibility index (Phi) is 51.5. The molecule has 0 aliphatic heterocycles. The predicted octanol–water partition coefficient (Wildman–Crippen LogP) is 19.7. The van der Waals surface area contributed by atoms with Gasteiger partial charge in [0.05, 0.1) is 0 Å². The summed E-state index contributed by atoms with van der Waals surface area (Å²) in [7, 11) is 0. The molecular weight excluding hydrogens is 817 g/mol. The number of carbonyl (C=O) groups excluding carboxylic acids is 3. The molecule has 6 heteroatoms. The molecule has 0 aromatic rings. The Bertz CT molecular complexity index is 1010. The van der Waals surface area contributed by atoms with Crippen LogP contribution in [0.2, 0.25) is 0 Å². The van der Waals surface area contributed by atoms with E-state index in [4.69, 9.17) is 14.2 Å². The number of ether oxygens (including phenoxy) is 3. The first kappa shape index (κ1) is 64.4. The standard InChI is InChI=1S/C60H116O6/c1-6-7-8-9-10-11-12-13-14-18-21-24-30-35-40-45-50-58(61)64-53-57(54-65-59(62)51-46-41-36-31-27-26-29-34-39-44-49-56(4)5)66-60(63)52-47-42-37-32-25-22-19-16-15-17-20-23-28-33-38-43-48-55(2)3/h55-57H,6-54H2,1-5H3/t57-/m1/s1. The van der Waals surface area contributed by atoms with Gasteiger partial charge < -0.3 is 14.2 Å². The monoisotopic (exact) mass is 933 g/mol. The van der Waals surface area contributed by atoms with Crippen molar-refractivity contribution in [3.63, 3.8) is 0 Å². The summed E-state index contributed by atoms with van der Waals surface area (Å²) in [6.07, 6.45) is 56.7. The van der Waals surface area contributed by atoms with Crippen LogP contribution in [0, 0.1) is 11.8 Å². The molecule has 0 N–H and O–H groups in total. The Balaban J connectivity index is 4.28. The third kappa shape index (κ3) is 53.4.